The molecule has 0 bridgehead atoms. The molecule has 0 aliphatic carbocycles. The molecule has 0 spiro atoms. The molecule has 0 fully saturated rings. The van der Waals surface area contributed by atoms with Crippen LogP contribution in [0.3, 0.4) is 0 Å². The lowest BCUT2D eigenvalue weighted by Crippen LogP contribution is -2.23. The van der Waals surface area contributed by atoms with Crippen LogP contribution in [-0.2, 0) is 17.8 Å². The zero-order valence-corrected chi connectivity index (χ0v) is 18.3. The number of carbonyl (C=O) groups excluding carboxylic acids is 1. The molecule has 0 aromatic heterocycles. The lowest BCUT2D eigenvalue weighted by Gasteiger charge is -2.15. The highest BCUT2D eigenvalue weighted by Gasteiger charge is 2.15. The highest BCUT2D eigenvalue weighted by molar-refractivity contribution is 6.01. The summed E-state index contributed by atoms with van der Waals surface area (Å²) in [4.78, 5) is 12.6. The van der Waals surface area contributed by atoms with Gasteiger partial charge in [-0.1, -0.05) is 24.1 Å². The first-order chi connectivity index (χ1) is 15.6. The number of hydrogen-bond acceptors (Lipinski definition) is 5. The van der Waals surface area contributed by atoms with E-state index in [2.05, 4.69) is 17.8 Å². The van der Waals surface area contributed by atoms with Gasteiger partial charge in [0, 0.05) is 12.1 Å². The first-order valence-electron chi connectivity index (χ1n) is 10.1. The van der Waals surface area contributed by atoms with Gasteiger partial charge in [-0.25, -0.2) is 0 Å². The summed E-state index contributed by atoms with van der Waals surface area (Å²) in [5.41, 5.74) is 2.29. The Kier molecular flexibility index (Phi) is 9.43. The van der Waals surface area contributed by atoms with E-state index in [4.69, 9.17) is 20.6 Å². The van der Waals surface area contributed by atoms with Gasteiger partial charge >= 0.3 is 0 Å². The van der Waals surface area contributed by atoms with Gasteiger partial charge < -0.3 is 19.5 Å². The van der Waals surface area contributed by atoms with Gasteiger partial charge in [-0.3, -0.25) is 4.79 Å². The van der Waals surface area contributed by atoms with Crippen molar-refractivity contribution in [1.29, 1.82) is 5.26 Å². The Morgan fingerprint density at radius 2 is 2.00 bits per heavy atom. The summed E-state index contributed by atoms with van der Waals surface area (Å²) < 4.78 is 16.5. The lowest BCUT2D eigenvalue weighted by molar-refractivity contribution is -0.117. The summed E-state index contributed by atoms with van der Waals surface area (Å²) in [6, 6.07) is 12.8. The van der Waals surface area contributed by atoms with E-state index in [0.29, 0.717) is 30.1 Å². The van der Waals surface area contributed by atoms with Crippen molar-refractivity contribution in [3.8, 4) is 35.7 Å². The summed E-state index contributed by atoms with van der Waals surface area (Å²) in [5.74, 6) is 3.72. The number of terminal acetylenes is 1. The number of hydrogen-bond donors (Lipinski definition) is 1. The Labute approximate surface area is 189 Å². The summed E-state index contributed by atoms with van der Waals surface area (Å²) >= 11 is 0. The van der Waals surface area contributed by atoms with Crippen molar-refractivity contribution >= 4 is 12.0 Å². The lowest BCUT2D eigenvalue weighted by atomic mass is 10.0. The van der Waals surface area contributed by atoms with Crippen molar-refractivity contribution in [1.82, 2.24) is 5.32 Å². The zero-order chi connectivity index (χ0) is 23.3. The molecular formula is C26H26N2O4. The van der Waals surface area contributed by atoms with Crippen LogP contribution in [0, 0.1) is 23.7 Å². The van der Waals surface area contributed by atoms with E-state index in [1.54, 1.807) is 19.3 Å². The third-order valence-electron chi connectivity index (χ3n) is 4.41. The number of carbonyl (C=O) groups is 1. The number of amides is 1. The Balaban J connectivity index is 2.28. The van der Waals surface area contributed by atoms with Crippen LogP contribution >= 0.6 is 0 Å². The fourth-order valence-electron chi connectivity index (χ4n) is 2.95. The molecule has 1 N–H and O–H groups in total. The summed E-state index contributed by atoms with van der Waals surface area (Å²) in [6.45, 7) is 6.43. The Hall–Kier alpha value is -4.16. The van der Waals surface area contributed by atoms with Crippen LogP contribution in [0.15, 0.2) is 54.6 Å². The highest BCUT2D eigenvalue weighted by Crippen LogP contribution is 2.34. The average Bonchev–Trinajstić information content (AvgIpc) is 2.81. The van der Waals surface area contributed by atoms with E-state index in [1.165, 1.54) is 6.08 Å². The Morgan fingerprint density at radius 1 is 1.25 bits per heavy atom. The molecule has 6 heteroatoms. The summed E-state index contributed by atoms with van der Waals surface area (Å²) in [6.07, 6.45) is 9.08. The Morgan fingerprint density at radius 3 is 2.59 bits per heavy atom. The second-order valence-electron chi connectivity index (χ2n) is 6.63. The monoisotopic (exact) mass is 430 g/mol. The third kappa shape index (κ3) is 6.68. The molecule has 32 heavy (non-hydrogen) atoms. The van der Waals surface area contributed by atoms with Crippen molar-refractivity contribution in [2.75, 3.05) is 20.3 Å². The van der Waals surface area contributed by atoms with Gasteiger partial charge in [0.25, 0.3) is 5.91 Å². The number of rotatable bonds is 11. The fraction of sp³-hybridized carbons (Fsp3) is 0.231. The molecule has 0 saturated carbocycles. The smallest absolute Gasteiger partial charge is 0.262 e. The maximum atomic E-state index is 12.6. The van der Waals surface area contributed by atoms with Crippen LogP contribution in [0.2, 0.25) is 0 Å². The normalized spacial score (nSPS) is 10.4. The van der Waals surface area contributed by atoms with Crippen molar-refractivity contribution < 1.29 is 19.0 Å². The predicted molar refractivity (Wildman–Crippen MR) is 124 cm³/mol. The van der Waals surface area contributed by atoms with E-state index in [0.717, 1.165) is 16.9 Å². The minimum absolute atomic E-state index is 0.0252. The molecule has 1 amide bonds. The van der Waals surface area contributed by atoms with Crippen LogP contribution in [0.4, 0.5) is 0 Å². The fourth-order valence-corrected chi connectivity index (χ4v) is 2.95. The molecule has 2 aromatic rings. The van der Waals surface area contributed by atoms with E-state index in [1.807, 2.05) is 43.3 Å². The summed E-state index contributed by atoms with van der Waals surface area (Å²) in [7, 11) is 1.59. The molecule has 0 heterocycles. The molecule has 2 aromatic carbocycles. The van der Waals surface area contributed by atoms with Crippen LogP contribution in [-0.4, -0.2) is 26.2 Å². The highest BCUT2D eigenvalue weighted by atomic mass is 16.5. The number of ether oxygens (including phenoxy) is 3. The molecule has 0 aliphatic heterocycles. The molecule has 0 saturated heterocycles. The minimum atomic E-state index is -0.473. The number of benzene rings is 2. The predicted octanol–water partition coefficient (Wildman–Crippen LogP) is 4.06. The number of nitriles is 1. The van der Waals surface area contributed by atoms with Gasteiger partial charge in [-0.15, -0.1) is 13.0 Å². The number of methoxy groups -OCH3 is 1. The SMILES string of the molecule is C#CCOc1c(CC=C)cc(/C=C(/C#N)C(=O)NCc2ccc(OC)cc2)cc1OCC. The van der Waals surface area contributed by atoms with Gasteiger partial charge in [-0.2, -0.15) is 5.26 Å². The quantitative estimate of drug-likeness (QED) is 0.252. The van der Waals surface area contributed by atoms with E-state index in [9.17, 15) is 10.1 Å². The third-order valence-corrected chi connectivity index (χ3v) is 4.41. The molecule has 0 radical (unpaired) electrons. The summed E-state index contributed by atoms with van der Waals surface area (Å²) in [5, 5.41) is 12.3. The molecule has 164 valence electrons. The van der Waals surface area contributed by atoms with Crippen LogP contribution in [0.5, 0.6) is 17.2 Å². The topological polar surface area (TPSA) is 80.6 Å². The maximum Gasteiger partial charge on any atom is 0.262 e. The Bertz CT molecular complexity index is 1060. The van der Waals surface area contributed by atoms with Crippen molar-refractivity contribution in [2.24, 2.45) is 0 Å². The number of nitrogens with zero attached hydrogens (tertiary/aromatic N) is 1. The van der Waals surface area contributed by atoms with Crippen LogP contribution in [0.25, 0.3) is 6.08 Å². The largest absolute Gasteiger partial charge is 0.497 e. The second-order valence-corrected chi connectivity index (χ2v) is 6.63. The first-order valence-corrected chi connectivity index (χ1v) is 10.1. The standard InChI is InChI=1S/C26H26N2O4/c1-5-8-21-14-20(16-24(31-7-3)25(21)32-13-6-2)15-22(17-27)26(29)28-18-19-9-11-23(30-4)12-10-19/h2,5,9-12,14-16H,1,7-8,13,18H2,3-4H3,(H,28,29)/b22-15-. The molecule has 2 rings (SSSR count). The maximum absolute atomic E-state index is 12.6. The molecule has 0 atom stereocenters. The number of allylic oxidation sites excluding steroid dienone is 1. The molecule has 0 aliphatic rings. The first kappa shape index (κ1) is 24.1. The molecular weight excluding hydrogens is 404 g/mol. The van der Waals surface area contributed by atoms with Gasteiger partial charge in [0.05, 0.1) is 13.7 Å². The average molecular weight is 431 g/mol. The van der Waals surface area contributed by atoms with E-state index in [-0.39, 0.29) is 18.7 Å². The van der Waals surface area contributed by atoms with Gasteiger partial charge in [-0.05, 0) is 54.8 Å². The van der Waals surface area contributed by atoms with Crippen molar-refractivity contribution in [3.05, 3.63) is 71.3 Å². The molecule has 0 unspecified atom stereocenters. The van der Waals surface area contributed by atoms with Crippen LogP contribution in [0.1, 0.15) is 23.6 Å². The number of nitrogens with one attached hydrogen (secondary N) is 1. The second kappa shape index (κ2) is 12.5. The van der Waals surface area contributed by atoms with Crippen LogP contribution < -0.4 is 19.5 Å². The van der Waals surface area contributed by atoms with Crippen molar-refractivity contribution in [3.63, 3.8) is 0 Å². The van der Waals surface area contributed by atoms with Crippen molar-refractivity contribution in [2.45, 2.75) is 19.9 Å². The molecule has 6 nitrogen and oxygen atoms in total. The van der Waals surface area contributed by atoms with E-state index >= 15 is 0 Å². The zero-order valence-electron chi connectivity index (χ0n) is 18.3. The van der Waals surface area contributed by atoms with Gasteiger partial charge in [0.1, 0.15) is 24.0 Å². The minimum Gasteiger partial charge on any atom is -0.497 e. The van der Waals surface area contributed by atoms with Gasteiger partial charge in [0.2, 0.25) is 0 Å². The van der Waals surface area contributed by atoms with Gasteiger partial charge in [0.15, 0.2) is 11.5 Å². The van der Waals surface area contributed by atoms with E-state index < -0.39 is 5.91 Å².